The molecule has 43 heavy (non-hydrogen) atoms. The number of benzene rings is 3. The third-order valence-electron chi connectivity index (χ3n) is 7.83. The van der Waals surface area contributed by atoms with Crippen molar-refractivity contribution in [3.63, 3.8) is 0 Å². The van der Waals surface area contributed by atoms with E-state index in [0.717, 1.165) is 16.9 Å². The number of nitrogens with zero attached hydrogens (tertiary/aromatic N) is 1. The first kappa shape index (κ1) is 32.4. The molecule has 1 fully saturated rings. The second kappa shape index (κ2) is 14.3. The highest BCUT2D eigenvalue weighted by Crippen LogP contribution is 2.38. The van der Waals surface area contributed by atoms with Crippen molar-refractivity contribution < 1.29 is 14.6 Å². The molecule has 5 rings (SSSR count). The third-order valence-corrected chi connectivity index (χ3v) is 10.5. The van der Waals surface area contributed by atoms with E-state index in [1.54, 1.807) is 18.3 Å². The smallest absolute Gasteiger partial charge is 0.150 e. The number of fused-ring (bicyclic) bond motifs is 1. The van der Waals surface area contributed by atoms with Gasteiger partial charge in [-0.3, -0.25) is 0 Å². The SMILES string of the molecule is CC#C[C@@H](C/C(N)=N/NN)c1ccc(OCc2ccc3scc(-c4ccc(C5CCS(=O)(=O)CC5)cc4C)c3c2)cc1.S.[HH]. The van der Waals surface area contributed by atoms with Gasteiger partial charge in [0.05, 0.1) is 17.4 Å². The van der Waals surface area contributed by atoms with Crippen molar-refractivity contribution in [2.45, 2.75) is 51.6 Å². The average molecular weight is 637 g/mol. The molecular weight excluding hydrogens is 597 g/mol. The molecule has 3 aromatic carbocycles. The number of hydrazone groups is 1. The van der Waals surface area contributed by atoms with E-state index in [4.69, 9.17) is 16.3 Å². The van der Waals surface area contributed by atoms with Crippen LogP contribution in [-0.2, 0) is 16.4 Å². The Kier molecular flexibility index (Phi) is 10.8. The van der Waals surface area contributed by atoms with Crippen molar-refractivity contribution in [2.24, 2.45) is 16.7 Å². The van der Waals surface area contributed by atoms with Crippen molar-refractivity contribution in [3.8, 4) is 28.7 Å². The van der Waals surface area contributed by atoms with E-state index in [2.05, 4.69) is 71.2 Å². The normalized spacial score (nSPS) is 15.7. The number of hydrazine groups is 1. The van der Waals surface area contributed by atoms with E-state index in [0.29, 0.717) is 37.6 Å². The summed E-state index contributed by atoms with van der Waals surface area (Å²) in [4.78, 5) is 0. The molecule has 0 unspecified atom stereocenters. The Morgan fingerprint density at radius 1 is 1.12 bits per heavy atom. The molecule has 0 saturated carbocycles. The van der Waals surface area contributed by atoms with Crippen LogP contribution < -0.4 is 21.8 Å². The summed E-state index contributed by atoms with van der Waals surface area (Å²) in [5, 5.41) is 7.27. The summed E-state index contributed by atoms with van der Waals surface area (Å²) in [6.45, 7) is 4.40. The summed E-state index contributed by atoms with van der Waals surface area (Å²) in [6.07, 6.45) is 1.89. The predicted octanol–water partition coefficient (Wildman–Crippen LogP) is 6.34. The molecular formula is C33H40N4O3S3. The van der Waals surface area contributed by atoms with E-state index < -0.39 is 9.84 Å². The van der Waals surface area contributed by atoms with Gasteiger partial charge in [0.15, 0.2) is 0 Å². The van der Waals surface area contributed by atoms with E-state index >= 15 is 0 Å². The number of sulfone groups is 1. The first-order valence-corrected chi connectivity index (χ1v) is 16.7. The van der Waals surface area contributed by atoms with Crippen LogP contribution in [0, 0.1) is 18.8 Å². The number of nitrogens with one attached hydrogen (secondary N) is 1. The fraction of sp³-hybridized carbons (Fsp3) is 0.303. The molecule has 228 valence electrons. The van der Waals surface area contributed by atoms with Gasteiger partial charge in [-0.15, -0.1) is 17.3 Å². The fourth-order valence-electron chi connectivity index (χ4n) is 5.57. The Morgan fingerprint density at radius 3 is 2.53 bits per heavy atom. The van der Waals surface area contributed by atoms with Crippen LogP contribution in [0.3, 0.4) is 0 Å². The molecule has 0 radical (unpaired) electrons. The summed E-state index contributed by atoms with van der Waals surface area (Å²) >= 11 is 1.74. The van der Waals surface area contributed by atoms with Crippen molar-refractivity contribution in [1.82, 2.24) is 5.53 Å². The minimum atomic E-state index is -2.87. The van der Waals surface area contributed by atoms with E-state index in [1.807, 2.05) is 24.3 Å². The van der Waals surface area contributed by atoms with Crippen molar-refractivity contribution in [3.05, 3.63) is 88.3 Å². The van der Waals surface area contributed by atoms with Gasteiger partial charge in [-0.05, 0) is 90.1 Å². The lowest BCUT2D eigenvalue weighted by atomic mass is 9.89. The Hall–Kier alpha value is -3.49. The van der Waals surface area contributed by atoms with Crippen molar-refractivity contribution >= 4 is 50.6 Å². The zero-order valence-electron chi connectivity index (χ0n) is 24.4. The zero-order chi connectivity index (χ0) is 29.7. The fourth-order valence-corrected chi connectivity index (χ4v) is 8.00. The maximum Gasteiger partial charge on any atom is 0.150 e. The number of hydrogen-bond acceptors (Lipinski definition) is 7. The molecule has 2 heterocycles. The minimum absolute atomic E-state index is 0. The lowest BCUT2D eigenvalue weighted by molar-refractivity contribution is 0.306. The molecule has 1 aliphatic heterocycles. The molecule has 10 heteroatoms. The highest BCUT2D eigenvalue weighted by Gasteiger charge is 2.25. The van der Waals surface area contributed by atoms with Gasteiger partial charge < -0.3 is 10.5 Å². The van der Waals surface area contributed by atoms with Gasteiger partial charge in [0.2, 0.25) is 0 Å². The Balaban J connectivity index is 0.00000264. The quantitative estimate of drug-likeness (QED) is 0.0649. The molecule has 1 atom stereocenters. The van der Waals surface area contributed by atoms with Crippen LogP contribution in [0.25, 0.3) is 21.2 Å². The van der Waals surface area contributed by atoms with Crippen LogP contribution in [0.1, 0.15) is 61.7 Å². The Morgan fingerprint density at radius 2 is 1.86 bits per heavy atom. The molecule has 0 spiro atoms. The maximum absolute atomic E-state index is 11.9. The second-order valence-electron chi connectivity index (χ2n) is 10.7. The second-order valence-corrected chi connectivity index (χ2v) is 13.9. The van der Waals surface area contributed by atoms with Crippen LogP contribution >= 0.6 is 24.8 Å². The van der Waals surface area contributed by atoms with Crippen LogP contribution in [0.15, 0.2) is 71.1 Å². The van der Waals surface area contributed by atoms with Gasteiger partial charge >= 0.3 is 0 Å². The topological polar surface area (TPSA) is 120 Å². The van der Waals surface area contributed by atoms with E-state index in [9.17, 15) is 8.42 Å². The maximum atomic E-state index is 11.9. The Bertz CT molecular complexity index is 1760. The molecule has 0 amide bonds. The monoisotopic (exact) mass is 636 g/mol. The van der Waals surface area contributed by atoms with Gasteiger partial charge in [-0.2, -0.15) is 18.6 Å². The number of hydrogen-bond donors (Lipinski definition) is 3. The lowest BCUT2D eigenvalue weighted by Gasteiger charge is -2.23. The molecule has 1 saturated heterocycles. The summed E-state index contributed by atoms with van der Waals surface area (Å²) in [7, 11) is -2.87. The highest BCUT2D eigenvalue weighted by atomic mass is 32.2. The third kappa shape index (κ3) is 7.92. The van der Waals surface area contributed by atoms with Crippen molar-refractivity contribution in [1.29, 1.82) is 0 Å². The summed E-state index contributed by atoms with van der Waals surface area (Å²) in [5.74, 6) is 13.4. The highest BCUT2D eigenvalue weighted by molar-refractivity contribution is 7.91. The lowest BCUT2D eigenvalue weighted by Crippen LogP contribution is -2.23. The molecule has 4 aromatic rings. The number of thiophene rings is 1. The van der Waals surface area contributed by atoms with Gasteiger partial charge in [-0.1, -0.05) is 42.3 Å². The zero-order valence-corrected chi connectivity index (χ0v) is 27.0. The number of aryl methyl sites for hydroxylation is 1. The summed E-state index contributed by atoms with van der Waals surface area (Å²) in [5.41, 5.74) is 15.2. The van der Waals surface area contributed by atoms with Gasteiger partial charge in [0.1, 0.15) is 28.0 Å². The van der Waals surface area contributed by atoms with Crippen LogP contribution in [0.5, 0.6) is 5.75 Å². The minimum Gasteiger partial charge on any atom is -0.489 e. The predicted molar refractivity (Wildman–Crippen MR) is 186 cm³/mol. The largest absolute Gasteiger partial charge is 0.489 e. The number of rotatable bonds is 9. The Labute approximate surface area is 266 Å². The first-order chi connectivity index (χ1) is 20.3. The standard InChI is InChI=1S/C33H36N4O3S2.H2S.H2/c1-3-4-26(19-33(34)36-37-35)24-6-9-28(10-7-24)40-20-23-5-12-32-30(18-23)31(21-41-32)29-11-8-27(17-22(29)2)25-13-15-42(38,39)16-14-25;;/h5-12,17-18,21,25-26,37H,13-16,19-20,35H2,1-2H3,(H2,34,36);1H2;1H/t26-;;/m0../s1. The van der Waals surface area contributed by atoms with Gasteiger partial charge in [0, 0.05) is 23.5 Å². The first-order valence-electron chi connectivity index (χ1n) is 14.0. The molecule has 0 aliphatic carbocycles. The molecule has 1 aliphatic rings. The number of ether oxygens (including phenoxy) is 1. The van der Waals surface area contributed by atoms with Gasteiger partial charge in [-0.25, -0.2) is 19.8 Å². The number of amidine groups is 1. The van der Waals surface area contributed by atoms with E-state index in [-0.39, 0.29) is 32.3 Å². The van der Waals surface area contributed by atoms with E-state index in [1.165, 1.54) is 32.3 Å². The number of nitrogens with two attached hydrogens (primary N) is 2. The van der Waals surface area contributed by atoms with Crippen LogP contribution in [0.2, 0.25) is 0 Å². The summed E-state index contributed by atoms with van der Waals surface area (Å²) in [6, 6.07) is 21.0. The molecule has 1 aromatic heterocycles. The van der Waals surface area contributed by atoms with Crippen LogP contribution in [-0.4, -0.2) is 25.8 Å². The van der Waals surface area contributed by atoms with Crippen molar-refractivity contribution in [2.75, 3.05) is 11.5 Å². The molecule has 7 nitrogen and oxygen atoms in total. The summed E-state index contributed by atoms with van der Waals surface area (Å²) < 4.78 is 31.1. The molecule has 5 N–H and O–H groups in total. The average Bonchev–Trinajstić information content (AvgIpc) is 3.39. The van der Waals surface area contributed by atoms with Gasteiger partial charge in [0.25, 0.3) is 0 Å². The van der Waals surface area contributed by atoms with Crippen LogP contribution in [0.4, 0.5) is 0 Å². The molecule has 0 bridgehead atoms.